The maximum absolute atomic E-state index is 5.21. The van der Waals surface area contributed by atoms with Gasteiger partial charge in [0, 0.05) is 6.54 Å². The van der Waals surface area contributed by atoms with Crippen LogP contribution in [0.25, 0.3) is 6.08 Å². The van der Waals surface area contributed by atoms with Gasteiger partial charge >= 0.3 is 0 Å². The molecule has 0 aliphatic carbocycles. The summed E-state index contributed by atoms with van der Waals surface area (Å²) in [6.07, 6.45) is 5.91. The molecule has 0 saturated carbocycles. The summed E-state index contributed by atoms with van der Waals surface area (Å²) in [5, 5.41) is 3.28. The number of hydrogen-bond acceptors (Lipinski definition) is 2. The maximum atomic E-state index is 5.21. The van der Waals surface area contributed by atoms with Crippen LogP contribution in [-0.2, 0) is 6.54 Å². The first kappa shape index (κ1) is 10.7. The van der Waals surface area contributed by atoms with Gasteiger partial charge in [-0.1, -0.05) is 42.5 Å². The second-order valence-electron chi connectivity index (χ2n) is 3.52. The largest absolute Gasteiger partial charge is 0.468 e. The zero-order valence-corrected chi connectivity index (χ0v) is 9.10. The van der Waals surface area contributed by atoms with Gasteiger partial charge < -0.3 is 9.73 Å². The molecule has 2 rings (SSSR count). The van der Waals surface area contributed by atoms with E-state index in [0.29, 0.717) is 0 Å². The van der Waals surface area contributed by atoms with Crippen LogP contribution in [0.1, 0.15) is 11.3 Å². The molecular formula is C14H15NO. The fourth-order valence-electron chi connectivity index (χ4n) is 1.45. The van der Waals surface area contributed by atoms with Crippen molar-refractivity contribution in [2.24, 2.45) is 0 Å². The van der Waals surface area contributed by atoms with Crippen molar-refractivity contribution in [3.63, 3.8) is 0 Å². The number of nitrogens with one attached hydrogen (secondary N) is 1. The van der Waals surface area contributed by atoms with Crippen molar-refractivity contribution < 1.29 is 4.42 Å². The molecule has 0 unspecified atom stereocenters. The molecule has 0 atom stereocenters. The van der Waals surface area contributed by atoms with E-state index in [9.17, 15) is 0 Å². The Kier molecular flexibility index (Phi) is 3.97. The first-order chi connectivity index (χ1) is 7.95. The van der Waals surface area contributed by atoms with E-state index < -0.39 is 0 Å². The second kappa shape index (κ2) is 5.93. The lowest BCUT2D eigenvalue weighted by atomic mass is 10.2. The Morgan fingerprint density at radius 3 is 2.69 bits per heavy atom. The highest BCUT2D eigenvalue weighted by Gasteiger charge is 1.91. The molecule has 0 spiro atoms. The molecular weight excluding hydrogens is 198 g/mol. The van der Waals surface area contributed by atoms with Crippen molar-refractivity contribution in [1.29, 1.82) is 0 Å². The van der Waals surface area contributed by atoms with Crippen molar-refractivity contribution in [3.05, 3.63) is 66.1 Å². The van der Waals surface area contributed by atoms with Gasteiger partial charge in [-0.25, -0.2) is 0 Å². The van der Waals surface area contributed by atoms with Crippen LogP contribution in [0.4, 0.5) is 0 Å². The summed E-state index contributed by atoms with van der Waals surface area (Å²) in [4.78, 5) is 0. The molecule has 0 radical (unpaired) electrons. The van der Waals surface area contributed by atoms with E-state index in [1.54, 1.807) is 6.26 Å². The van der Waals surface area contributed by atoms with E-state index in [0.717, 1.165) is 18.8 Å². The minimum atomic E-state index is 0.770. The van der Waals surface area contributed by atoms with Gasteiger partial charge in [0.15, 0.2) is 0 Å². The monoisotopic (exact) mass is 213 g/mol. The molecule has 82 valence electrons. The molecule has 1 N–H and O–H groups in total. The standard InChI is InChI=1S/C14H15NO/c1-2-6-13(7-3-1)8-4-10-15-12-14-9-5-11-16-14/h1-9,11,15H,10,12H2/b8-4+. The van der Waals surface area contributed by atoms with Gasteiger partial charge in [-0.05, 0) is 17.7 Å². The fraction of sp³-hybridized carbons (Fsp3) is 0.143. The number of hydrogen-bond donors (Lipinski definition) is 1. The average molecular weight is 213 g/mol. The molecule has 0 bridgehead atoms. The Balaban J connectivity index is 1.70. The van der Waals surface area contributed by atoms with E-state index in [1.165, 1.54) is 5.56 Å². The Morgan fingerprint density at radius 2 is 1.94 bits per heavy atom. The normalized spacial score (nSPS) is 11.0. The number of furan rings is 1. The Bertz CT molecular complexity index is 417. The van der Waals surface area contributed by atoms with Crippen molar-refractivity contribution in [2.45, 2.75) is 6.54 Å². The van der Waals surface area contributed by atoms with Gasteiger partial charge in [0.2, 0.25) is 0 Å². The quantitative estimate of drug-likeness (QED) is 0.772. The highest BCUT2D eigenvalue weighted by atomic mass is 16.3. The van der Waals surface area contributed by atoms with E-state index in [2.05, 4.69) is 29.6 Å². The van der Waals surface area contributed by atoms with E-state index in [1.807, 2.05) is 30.3 Å². The molecule has 0 fully saturated rings. The molecule has 2 heteroatoms. The Hall–Kier alpha value is -1.80. The van der Waals surface area contributed by atoms with Crippen molar-refractivity contribution >= 4 is 6.08 Å². The van der Waals surface area contributed by atoms with Crippen LogP contribution in [0.5, 0.6) is 0 Å². The van der Waals surface area contributed by atoms with Gasteiger partial charge in [-0.2, -0.15) is 0 Å². The third kappa shape index (κ3) is 3.41. The molecule has 2 aromatic rings. The Labute approximate surface area is 95.6 Å². The van der Waals surface area contributed by atoms with Crippen LogP contribution in [0, 0.1) is 0 Å². The smallest absolute Gasteiger partial charge is 0.117 e. The first-order valence-electron chi connectivity index (χ1n) is 5.40. The van der Waals surface area contributed by atoms with E-state index in [4.69, 9.17) is 4.42 Å². The highest BCUT2D eigenvalue weighted by Crippen LogP contribution is 2.01. The molecule has 1 heterocycles. The summed E-state index contributed by atoms with van der Waals surface area (Å²) in [6, 6.07) is 14.1. The van der Waals surface area contributed by atoms with Gasteiger partial charge in [0.1, 0.15) is 5.76 Å². The molecule has 16 heavy (non-hydrogen) atoms. The van der Waals surface area contributed by atoms with Crippen LogP contribution in [-0.4, -0.2) is 6.54 Å². The fourth-order valence-corrected chi connectivity index (χ4v) is 1.45. The topological polar surface area (TPSA) is 25.2 Å². The second-order valence-corrected chi connectivity index (χ2v) is 3.52. The van der Waals surface area contributed by atoms with Gasteiger partial charge in [0.25, 0.3) is 0 Å². The third-order valence-electron chi connectivity index (χ3n) is 2.25. The Morgan fingerprint density at radius 1 is 1.06 bits per heavy atom. The lowest BCUT2D eigenvalue weighted by molar-refractivity contribution is 0.490. The zero-order valence-electron chi connectivity index (χ0n) is 9.10. The van der Waals surface area contributed by atoms with Crippen LogP contribution in [0.3, 0.4) is 0 Å². The van der Waals surface area contributed by atoms with Gasteiger partial charge in [-0.15, -0.1) is 0 Å². The van der Waals surface area contributed by atoms with Crippen molar-refractivity contribution in [3.8, 4) is 0 Å². The minimum absolute atomic E-state index is 0.770. The van der Waals surface area contributed by atoms with Gasteiger partial charge in [0.05, 0.1) is 12.8 Å². The van der Waals surface area contributed by atoms with Crippen molar-refractivity contribution in [1.82, 2.24) is 5.32 Å². The summed E-state index contributed by atoms with van der Waals surface area (Å²) in [5.41, 5.74) is 1.22. The molecule has 2 nitrogen and oxygen atoms in total. The molecule has 1 aromatic heterocycles. The molecule has 0 amide bonds. The highest BCUT2D eigenvalue weighted by molar-refractivity contribution is 5.48. The number of benzene rings is 1. The summed E-state index contributed by atoms with van der Waals surface area (Å²) in [5.74, 6) is 0.966. The molecule has 0 aliphatic heterocycles. The summed E-state index contributed by atoms with van der Waals surface area (Å²) in [6.45, 7) is 1.61. The summed E-state index contributed by atoms with van der Waals surface area (Å²) < 4.78 is 5.21. The SMILES string of the molecule is C(=C\c1ccccc1)/CNCc1ccco1. The molecule has 0 saturated heterocycles. The summed E-state index contributed by atoms with van der Waals surface area (Å²) in [7, 11) is 0. The minimum Gasteiger partial charge on any atom is -0.468 e. The zero-order chi connectivity index (χ0) is 11.1. The maximum Gasteiger partial charge on any atom is 0.117 e. The molecule has 1 aromatic carbocycles. The first-order valence-corrected chi connectivity index (χ1v) is 5.40. The van der Waals surface area contributed by atoms with Crippen LogP contribution < -0.4 is 5.32 Å². The van der Waals surface area contributed by atoms with Crippen molar-refractivity contribution in [2.75, 3.05) is 6.54 Å². The van der Waals surface area contributed by atoms with E-state index in [-0.39, 0.29) is 0 Å². The lowest BCUT2D eigenvalue weighted by Crippen LogP contribution is -2.11. The van der Waals surface area contributed by atoms with Crippen LogP contribution in [0.15, 0.2) is 59.2 Å². The van der Waals surface area contributed by atoms with Crippen LogP contribution in [0.2, 0.25) is 0 Å². The third-order valence-corrected chi connectivity index (χ3v) is 2.25. The average Bonchev–Trinajstić information content (AvgIpc) is 2.83. The molecule has 0 aliphatic rings. The number of rotatable bonds is 5. The predicted molar refractivity (Wildman–Crippen MR) is 65.9 cm³/mol. The van der Waals surface area contributed by atoms with E-state index >= 15 is 0 Å². The predicted octanol–water partition coefficient (Wildman–Crippen LogP) is 3.08. The lowest BCUT2D eigenvalue weighted by Gasteiger charge is -1.97. The van der Waals surface area contributed by atoms with Crippen LogP contribution >= 0.6 is 0 Å². The summed E-state index contributed by atoms with van der Waals surface area (Å²) >= 11 is 0. The van der Waals surface area contributed by atoms with Gasteiger partial charge in [-0.3, -0.25) is 0 Å².